The minimum absolute atomic E-state index is 0.0506. The van der Waals surface area contributed by atoms with Crippen molar-refractivity contribution >= 4 is 5.97 Å². The maximum Gasteiger partial charge on any atom is 0.343 e. The molecule has 0 amide bonds. The van der Waals surface area contributed by atoms with E-state index in [-0.39, 0.29) is 22.8 Å². The zero-order valence-corrected chi connectivity index (χ0v) is 22.4. The third-order valence-electron chi connectivity index (χ3n) is 7.80. The summed E-state index contributed by atoms with van der Waals surface area (Å²) in [5.41, 5.74) is 2.13. The predicted molar refractivity (Wildman–Crippen MR) is 146 cm³/mol. The first-order valence-electron chi connectivity index (χ1n) is 14.0. The summed E-state index contributed by atoms with van der Waals surface area (Å²) >= 11 is 0. The van der Waals surface area contributed by atoms with E-state index in [2.05, 4.69) is 13.8 Å². The van der Waals surface area contributed by atoms with E-state index in [9.17, 15) is 9.18 Å². The molecule has 4 rings (SSSR count). The summed E-state index contributed by atoms with van der Waals surface area (Å²) in [6, 6.07) is 14.0. The van der Waals surface area contributed by atoms with Crippen LogP contribution in [0.2, 0.25) is 0 Å². The molecule has 0 radical (unpaired) electrons. The van der Waals surface area contributed by atoms with Gasteiger partial charge in [0.1, 0.15) is 0 Å². The van der Waals surface area contributed by atoms with E-state index >= 15 is 8.78 Å². The largest absolute Gasteiger partial charge is 0.420 e. The van der Waals surface area contributed by atoms with Crippen LogP contribution in [0.15, 0.2) is 54.6 Å². The Kier molecular flexibility index (Phi) is 9.65. The van der Waals surface area contributed by atoms with Gasteiger partial charge < -0.3 is 4.74 Å². The first kappa shape index (κ1) is 27.9. The number of unbranched alkanes of at least 4 members (excludes halogenated alkanes) is 2. The van der Waals surface area contributed by atoms with Gasteiger partial charge in [0, 0.05) is 5.56 Å². The maximum atomic E-state index is 15.1. The summed E-state index contributed by atoms with van der Waals surface area (Å²) in [5, 5.41) is 0. The number of carbonyl (C=O) groups excluding carboxylic acids is 1. The topological polar surface area (TPSA) is 26.3 Å². The van der Waals surface area contributed by atoms with Gasteiger partial charge in [-0.2, -0.15) is 0 Å². The number of aryl methyl sites for hydroxylation is 1. The zero-order valence-electron chi connectivity index (χ0n) is 22.4. The number of carbonyl (C=O) groups is 1. The second kappa shape index (κ2) is 13.1. The molecule has 0 spiro atoms. The highest BCUT2D eigenvalue weighted by Gasteiger charge is 2.26. The predicted octanol–water partition coefficient (Wildman–Crippen LogP) is 9.80. The van der Waals surface area contributed by atoms with Crippen molar-refractivity contribution in [3.05, 3.63) is 88.7 Å². The van der Waals surface area contributed by atoms with Crippen LogP contribution in [0.1, 0.15) is 99.0 Å². The molecule has 0 bridgehead atoms. The number of halogens is 3. The van der Waals surface area contributed by atoms with Crippen molar-refractivity contribution < 1.29 is 22.7 Å². The highest BCUT2D eigenvalue weighted by atomic mass is 19.2. The van der Waals surface area contributed by atoms with Crippen molar-refractivity contribution in [2.75, 3.05) is 0 Å². The van der Waals surface area contributed by atoms with Gasteiger partial charge in [0.2, 0.25) is 0 Å². The molecule has 1 fully saturated rings. The lowest BCUT2D eigenvalue weighted by atomic mass is 9.77. The summed E-state index contributed by atoms with van der Waals surface area (Å²) in [7, 11) is 0. The average Bonchev–Trinajstić information content (AvgIpc) is 2.93. The molecule has 0 saturated heterocycles. The number of hydrogen-bond donors (Lipinski definition) is 0. The molecule has 38 heavy (non-hydrogen) atoms. The van der Waals surface area contributed by atoms with Crippen LogP contribution in [-0.2, 0) is 6.42 Å². The van der Waals surface area contributed by atoms with E-state index in [0.29, 0.717) is 17.0 Å². The Morgan fingerprint density at radius 1 is 0.842 bits per heavy atom. The second-order valence-corrected chi connectivity index (χ2v) is 10.5. The van der Waals surface area contributed by atoms with Crippen LogP contribution >= 0.6 is 0 Å². The van der Waals surface area contributed by atoms with Crippen LogP contribution in [0.4, 0.5) is 13.2 Å². The first-order valence-corrected chi connectivity index (χ1v) is 14.0. The molecule has 0 aromatic heterocycles. The van der Waals surface area contributed by atoms with Crippen LogP contribution in [0.25, 0.3) is 11.1 Å². The minimum Gasteiger partial charge on any atom is -0.420 e. The molecule has 1 aliphatic rings. The van der Waals surface area contributed by atoms with E-state index < -0.39 is 23.4 Å². The van der Waals surface area contributed by atoms with Crippen molar-refractivity contribution in [1.29, 1.82) is 0 Å². The van der Waals surface area contributed by atoms with Crippen molar-refractivity contribution in [2.24, 2.45) is 5.92 Å². The SMILES string of the molecule is CCCCCc1ccc(OC(=O)c2ccc(-c3ccc(C4CCC(CCC)CC4)c(F)c3F)cc2)c(F)c1. The third-order valence-corrected chi connectivity index (χ3v) is 7.80. The van der Waals surface area contributed by atoms with Crippen LogP contribution in [0.3, 0.4) is 0 Å². The van der Waals surface area contributed by atoms with Gasteiger partial charge in [0.25, 0.3) is 0 Å². The molecule has 0 atom stereocenters. The second-order valence-electron chi connectivity index (χ2n) is 10.5. The van der Waals surface area contributed by atoms with Crippen molar-refractivity contribution in [1.82, 2.24) is 0 Å². The van der Waals surface area contributed by atoms with E-state index in [0.717, 1.165) is 63.4 Å². The highest BCUT2D eigenvalue weighted by Crippen LogP contribution is 2.40. The van der Waals surface area contributed by atoms with Crippen LogP contribution in [0, 0.1) is 23.4 Å². The van der Waals surface area contributed by atoms with Gasteiger partial charge in [-0.15, -0.1) is 0 Å². The van der Waals surface area contributed by atoms with Crippen molar-refractivity contribution in [3.63, 3.8) is 0 Å². The molecule has 1 saturated carbocycles. The van der Waals surface area contributed by atoms with Crippen LogP contribution in [-0.4, -0.2) is 5.97 Å². The third kappa shape index (κ3) is 6.67. The van der Waals surface area contributed by atoms with Gasteiger partial charge in [0.15, 0.2) is 23.2 Å². The van der Waals surface area contributed by atoms with Gasteiger partial charge in [0.05, 0.1) is 5.56 Å². The Bertz CT molecular complexity index is 1230. The Labute approximate surface area is 224 Å². The number of ether oxygens (including phenoxy) is 1. The Hall–Kier alpha value is -3.08. The standard InChI is InChI=1S/C33H37F3O2/c1-3-5-6-8-23-11-20-30(29(34)21-23)38-33(37)26-16-14-25(15-17-26)28-19-18-27(31(35)32(28)36)24-12-9-22(7-4-2)10-13-24/h11,14-22,24H,3-10,12-13H2,1-2H3. The van der Waals surface area contributed by atoms with Gasteiger partial charge >= 0.3 is 5.97 Å². The molecule has 0 aliphatic heterocycles. The normalized spacial score (nSPS) is 17.4. The number of hydrogen-bond acceptors (Lipinski definition) is 2. The zero-order chi connectivity index (χ0) is 27.1. The summed E-state index contributed by atoms with van der Waals surface area (Å²) in [6.07, 6.45) is 10.2. The molecule has 5 heteroatoms. The first-order chi connectivity index (χ1) is 18.4. The Morgan fingerprint density at radius 3 is 2.24 bits per heavy atom. The lowest BCUT2D eigenvalue weighted by molar-refractivity contribution is 0.0728. The van der Waals surface area contributed by atoms with Gasteiger partial charge in [-0.25, -0.2) is 18.0 Å². The van der Waals surface area contributed by atoms with E-state index in [1.54, 1.807) is 30.3 Å². The summed E-state index contributed by atoms with van der Waals surface area (Å²) in [4.78, 5) is 12.6. The smallest absolute Gasteiger partial charge is 0.343 e. The Balaban J connectivity index is 1.42. The van der Waals surface area contributed by atoms with Gasteiger partial charge in [-0.05, 0) is 91.3 Å². The fourth-order valence-electron chi connectivity index (χ4n) is 5.58. The number of rotatable bonds is 10. The molecule has 0 heterocycles. The lowest BCUT2D eigenvalue weighted by Gasteiger charge is -2.29. The summed E-state index contributed by atoms with van der Waals surface area (Å²) in [5.74, 6) is -2.33. The van der Waals surface area contributed by atoms with Gasteiger partial charge in [-0.1, -0.05) is 69.9 Å². The molecule has 202 valence electrons. The lowest BCUT2D eigenvalue weighted by Crippen LogP contribution is -2.15. The Morgan fingerprint density at radius 2 is 1.58 bits per heavy atom. The fraction of sp³-hybridized carbons (Fsp3) is 0.424. The number of esters is 1. The molecule has 3 aromatic carbocycles. The average molecular weight is 523 g/mol. The van der Waals surface area contributed by atoms with E-state index in [4.69, 9.17) is 4.74 Å². The van der Waals surface area contributed by atoms with E-state index in [1.165, 1.54) is 30.7 Å². The maximum absolute atomic E-state index is 15.1. The summed E-state index contributed by atoms with van der Waals surface area (Å²) in [6.45, 7) is 4.29. The molecule has 3 aromatic rings. The van der Waals surface area contributed by atoms with Crippen molar-refractivity contribution in [3.8, 4) is 16.9 Å². The van der Waals surface area contributed by atoms with Gasteiger partial charge in [-0.3, -0.25) is 0 Å². The molecule has 1 aliphatic carbocycles. The van der Waals surface area contributed by atoms with Crippen LogP contribution < -0.4 is 4.74 Å². The minimum atomic E-state index is -0.866. The fourth-order valence-corrected chi connectivity index (χ4v) is 5.58. The number of benzene rings is 3. The monoisotopic (exact) mass is 522 g/mol. The van der Waals surface area contributed by atoms with Crippen LogP contribution in [0.5, 0.6) is 5.75 Å². The van der Waals surface area contributed by atoms with Crippen molar-refractivity contribution in [2.45, 2.75) is 84.0 Å². The quantitative estimate of drug-likeness (QED) is 0.150. The molecule has 2 nitrogen and oxygen atoms in total. The highest BCUT2D eigenvalue weighted by molar-refractivity contribution is 5.91. The molecular formula is C33H37F3O2. The molecule has 0 N–H and O–H groups in total. The van der Waals surface area contributed by atoms with E-state index in [1.807, 2.05) is 0 Å². The molecular weight excluding hydrogens is 485 g/mol. The summed E-state index contributed by atoms with van der Waals surface area (Å²) < 4.78 is 49.9. The molecule has 0 unspecified atom stereocenters.